The van der Waals surface area contributed by atoms with Crippen molar-refractivity contribution in [3.05, 3.63) is 70.5 Å². The Labute approximate surface area is 200 Å². The molecule has 1 saturated heterocycles. The number of amides is 1. The summed E-state index contributed by atoms with van der Waals surface area (Å²) in [6.07, 6.45) is 0.373. The largest absolute Gasteiger partial charge is 0.355 e. The maximum Gasteiger partial charge on any atom is 0.221 e. The molecule has 0 atom stereocenters. The van der Waals surface area contributed by atoms with E-state index in [2.05, 4.69) is 62.6 Å². The van der Waals surface area contributed by atoms with Crippen molar-refractivity contribution in [3.8, 4) is 11.4 Å². The molecule has 2 N–H and O–H groups in total. The van der Waals surface area contributed by atoms with E-state index in [1.165, 1.54) is 11.1 Å². The third kappa shape index (κ3) is 6.60. The number of nitrogens with one attached hydrogen (secondary N) is 2. The second kappa shape index (κ2) is 11.4. The highest BCUT2D eigenvalue weighted by atomic mass is 32.1. The summed E-state index contributed by atoms with van der Waals surface area (Å²) in [5, 5.41) is 10.3. The van der Waals surface area contributed by atoms with E-state index < -0.39 is 0 Å². The van der Waals surface area contributed by atoms with Crippen LogP contribution in [-0.4, -0.2) is 69.7 Å². The lowest BCUT2D eigenvalue weighted by molar-refractivity contribution is -0.121. The van der Waals surface area contributed by atoms with Crippen molar-refractivity contribution in [2.24, 2.45) is 0 Å². The van der Waals surface area contributed by atoms with Gasteiger partial charge in [0.15, 0.2) is 10.6 Å². The lowest BCUT2D eigenvalue weighted by Gasteiger charge is -2.34. The number of aromatic nitrogens is 3. The van der Waals surface area contributed by atoms with Crippen LogP contribution in [0.25, 0.3) is 11.4 Å². The van der Waals surface area contributed by atoms with Crippen LogP contribution < -0.4 is 5.32 Å². The smallest absolute Gasteiger partial charge is 0.221 e. The summed E-state index contributed by atoms with van der Waals surface area (Å²) in [5.74, 6) is 0.803. The minimum absolute atomic E-state index is 0.0377. The van der Waals surface area contributed by atoms with Gasteiger partial charge in [0.2, 0.25) is 5.91 Å². The molecule has 4 rings (SSSR count). The maximum atomic E-state index is 12.4. The van der Waals surface area contributed by atoms with E-state index in [4.69, 9.17) is 12.2 Å². The molecule has 0 aliphatic carbocycles. The zero-order valence-corrected chi connectivity index (χ0v) is 20.0. The number of carbonyl (C=O) groups excluding carboxylic acids is 1. The summed E-state index contributed by atoms with van der Waals surface area (Å²) in [5.41, 5.74) is 3.54. The van der Waals surface area contributed by atoms with E-state index in [0.29, 0.717) is 24.3 Å². The molecule has 174 valence electrons. The van der Waals surface area contributed by atoms with Crippen molar-refractivity contribution in [1.29, 1.82) is 0 Å². The number of nitrogens with zero attached hydrogens (tertiary/aromatic N) is 4. The predicted molar refractivity (Wildman–Crippen MR) is 133 cm³/mol. The third-order valence-electron chi connectivity index (χ3n) is 6.09. The Hall–Kier alpha value is -2.81. The Balaban J connectivity index is 1.17. The minimum Gasteiger partial charge on any atom is -0.355 e. The highest BCUT2D eigenvalue weighted by Gasteiger charge is 2.17. The first-order chi connectivity index (χ1) is 16.1. The average Bonchev–Trinajstić information content (AvgIpc) is 3.20. The van der Waals surface area contributed by atoms with Gasteiger partial charge in [-0.3, -0.25) is 24.3 Å². The molecule has 2 aromatic carbocycles. The van der Waals surface area contributed by atoms with Gasteiger partial charge in [0.25, 0.3) is 0 Å². The number of piperazine rings is 1. The number of H-pyrrole nitrogens is 1. The van der Waals surface area contributed by atoms with Crippen LogP contribution in [-0.2, 0) is 17.9 Å². The molecule has 3 aromatic rings. The van der Waals surface area contributed by atoms with Crippen molar-refractivity contribution in [2.45, 2.75) is 26.4 Å². The van der Waals surface area contributed by atoms with Crippen LogP contribution in [0.4, 0.5) is 0 Å². The molecule has 1 aliphatic rings. The zero-order chi connectivity index (χ0) is 23.0. The highest BCUT2D eigenvalue weighted by Crippen LogP contribution is 2.18. The van der Waals surface area contributed by atoms with E-state index in [1.807, 2.05) is 28.8 Å². The SMILES string of the molecule is Cc1ccc(-c2n[nH]c(=S)n2CCC(=O)NCCN2CCN(Cc3ccccc3)CC2)cc1. The Morgan fingerprint density at radius 2 is 1.70 bits per heavy atom. The minimum atomic E-state index is 0.0377. The molecule has 1 aromatic heterocycles. The fourth-order valence-corrected chi connectivity index (χ4v) is 4.34. The summed E-state index contributed by atoms with van der Waals surface area (Å²) in [7, 11) is 0. The van der Waals surface area contributed by atoms with Gasteiger partial charge in [-0.15, -0.1) is 0 Å². The molecule has 0 spiro atoms. The van der Waals surface area contributed by atoms with Crippen molar-refractivity contribution in [3.63, 3.8) is 0 Å². The molecule has 2 heterocycles. The molecular weight excluding hydrogens is 432 g/mol. The Morgan fingerprint density at radius 3 is 2.42 bits per heavy atom. The van der Waals surface area contributed by atoms with Crippen molar-refractivity contribution in [1.82, 2.24) is 29.9 Å². The lowest BCUT2D eigenvalue weighted by atomic mass is 10.1. The first-order valence-corrected chi connectivity index (χ1v) is 12.0. The van der Waals surface area contributed by atoms with Gasteiger partial charge in [-0.2, -0.15) is 5.10 Å². The normalized spacial score (nSPS) is 14.9. The van der Waals surface area contributed by atoms with Gasteiger partial charge < -0.3 is 5.32 Å². The van der Waals surface area contributed by atoms with Crippen LogP contribution in [0.5, 0.6) is 0 Å². The molecule has 33 heavy (non-hydrogen) atoms. The number of rotatable bonds is 9. The molecule has 0 unspecified atom stereocenters. The van der Waals surface area contributed by atoms with Gasteiger partial charge >= 0.3 is 0 Å². The molecule has 7 nitrogen and oxygen atoms in total. The van der Waals surface area contributed by atoms with Crippen LogP contribution in [0, 0.1) is 11.7 Å². The van der Waals surface area contributed by atoms with Crippen LogP contribution in [0.2, 0.25) is 0 Å². The molecular formula is C25H32N6OS. The quantitative estimate of drug-likeness (QED) is 0.476. The topological polar surface area (TPSA) is 69.2 Å². The number of hydrogen-bond donors (Lipinski definition) is 2. The fraction of sp³-hybridized carbons (Fsp3) is 0.400. The third-order valence-corrected chi connectivity index (χ3v) is 6.41. The van der Waals surface area contributed by atoms with Gasteiger partial charge in [0.05, 0.1) is 0 Å². The Kier molecular flexibility index (Phi) is 8.04. The zero-order valence-electron chi connectivity index (χ0n) is 19.2. The first kappa shape index (κ1) is 23.4. The molecule has 0 radical (unpaired) electrons. The van der Waals surface area contributed by atoms with E-state index in [9.17, 15) is 4.79 Å². The molecule has 1 aliphatic heterocycles. The van der Waals surface area contributed by atoms with Crippen LogP contribution in [0.1, 0.15) is 17.5 Å². The number of benzene rings is 2. The Morgan fingerprint density at radius 1 is 1.00 bits per heavy atom. The number of aromatic amines is 1. The molecule has 8 heteroatoms. The predicted octanol–water partition coefficient (Wildman–Crippen LogP) is 3.24. The fourth-order valence-electron chi connectivity index (χ4n) is 4.12. The summed E-state index contributed by atoms with van der Waals surface area (Å²) in [6.45, 7) is 9.29. The van der Waals surface area contributed by atoms with Gasteiger partial charge in [0, 0.05) is 64.3 Å². The van der Waals surface area contributed by atoms with Crippen molar-refractivity contribution < 1.29 is 4.79 Å². The lowest BCUT2D eigenvalue weighted by Crippen LogP contribution is -2.48. The van der Waals surface area contributed by atoms with Crippen LogP contribution in [0.15, 0.2) is 54.6 Å². The van der Waals surface area contributed by atoms with Crippen LogP contribution >= 0.6 is 12.2 Å². The average molecular weight is 465 g/mol. The standard InChI is InChI=1S/C25H32N6OS/c1-20-7-9-22(10-8-20)24-27-28-25(33)31(24)13-11-23(32)26-12-14-29-15-17-30(18-16-29)19-21-5-3-2-4-6-21/h2-10H,11-19H2,1H3,(H,26,32)(H,28,33). The van der Waals surface area contributed by atoms with E-state index in [0.717, 1.165) is 50.7 Å². The summed E-state index contributed by atoms with van der Waals surface area (Å²) in [4.78, 5) is 17.3. The van der Waals surface area contributed by atoms with Crippen LogP contribution in [0.3, 0.4) is 0 Å². The number of aryl methyl sites for hydroxylation is 1. The molecule has 0 bridgehead atoms. The number of carbonyl (C=O) groups is 1. The van der Waals surface area contributed by atoms with Gasteiger partial charge in [-0.05, 0) is 24.7 Å². The van der Waals surface area contributed by atoms with E-state index in [1.54, 1.807) is 0 Å². The monoisotopic (exact) mass is 464 g/mol. The summed E-state index contributed by atoms with van der Waals surface area (Å²) < 4.78 is 2.43. The second-order valence-corrected chi connectivity index (χ2v) is 8.96. The van der Waals surface area contributed by atoms with Gasteiger partial charge in [0.1, 0.15) is 0 Å². The van der Waals surface area contributed by atoms with Crippen molar-refractivity contribution >= 4 is 18.1 Å². The number of hydrogen-bond acceptors (Lipinski definition) is 5. The first-order valence-electron chi connectivity index (χ1n) is 11.6. The van der Waals surface area contributed by atoms with E-state index in [-0.39, 0.29) is 5.91 Å². The summed E-state index contributed by atoms with van der Waals surface area (Å²) >= 11 is 5.38. The molecule has 1 amide bonds. The molecule has 0 saturated carbocycles. The van der Waals surface area contributed by atoms with Crippen molar-refractivity contribution in [2.75, 3.05) is 39.3 Å². The van der Waals surface area contributed by atoms with Gasteiger partial charge in [-0.1, -0.05) is 60.2 Å². The molecule has 1 fully saturated rings. The summed E-state index contributed by atoms with van der Waals surface area (Å²) in [6, 6.07) is 18.8. The van der Waals surface area contributed by atoms with Gasteiger partial charge in [-0.25, -0.2) is 0 Å². The Bertz CT molecular complexity index is 1080. The van der Waals surface area contributed by atoms with E-state index >= 15 is 0 Å². The maximum absolute atomic E-state index is 12.4. The highest BCUT2D eigenvalue weighted by molar-refractivity contribution is 7.71. The second-order valence-electron chi connectivity index (χ2n) is 8.57.